The van der Waals surface area contributed by atoms with Crippen molar-refractivity contribution in [3.8, 4) is 5.75 Å². The van der Waals surface area contributed by atoms with Crippen molar-refractivity contribution < 1.29 is 19.7 Å². The van der Waals surface area contributed by atoms with Gasteiger partial charge in [0.05, 0.1) is 19.8 Å². The molecule has 3 unspecified atom stereocenters. The minimum Gasteiger partial charge on any atom is -0.508 e. The maximum Gasteiger partial charge on any atom is 0.143 e. The van der Waals surface area contributed by atoms with Crippen molar-refractivity contribution in [1.82, 2.24) is 0 Å². The summed E-state index contributed by atoms with van der Waals surface area (Å²) in [5.74, 6) is 0.176. The lowest BCUT2D eigenvalue weighted by atomic mass is 9.78. The Bertz CT molecular complexity index is 1900. The topological polar surface area (TPSA) is 71.0 Å². The van der Waals surface area contributed by atoms with E-state index in [1.165, 1.54) is 5.56 Å². The van der Waals surface area contributed by atoms with Crippen LogP contribution >= 0.6 is 0 Å². The predicted octanol–water partition coefficient (Wildman–Crippen LogP) is 10.6. The summed E-state index contributed by atoms with van der Waals surface area (Å²) in [4.78, 5) is 0. The Morgan fingerprint density at radius 1 is 0.537 bits per heavy atom. The molecule has 0 saturated carbocycles. The molecule has 280 valence electrons. The first-order chi connectivity index (χ1) is 26.3. The molecule has 0 heterocycles. The molecule has 5 heteroatoms. The second-order valence-corrected chi connectivity index (χ2v) is 13.9. The van der Waals surface area contributed by atoms with Crippen LogP contribution in [0.25, 0.3) is 0 Å². The molecule has 6 aromatic rings. The molecule has 0 radical (unpaired) electrons. The fraction of sp³-hybridized carbons (Fsp3) is 0.265. The largest absolute Gasteiger partial charge is 0.508 e. The van der Waals surface area contributed by atoms with E-state index >= 15 is 0 Å². The minimum atomic E-state index is -1.05. The first kappa shape index (κ1) is 40.0. The lowest BCUT2D eigenvalue weighted by Gasteiger charge is -2.42. The van der Waals surface area contributed by atoms with Crippen LogP contribution in [0.15, 0.2) is 158 Å². The van der Waals surface area contributed by atoms with Gasteiger partial charge in [0.2, 0.25) is 0 Å². The molecule has 0 aliphatic carbocycles. The molecular weight excluding hydrogens is 667 g/mol. The fourth-order valence-electron chi connectivity index (χ4n) is 6.87. The highest BCUT2D eigenvalue weighted by Gasteiger charge is 2.43. The molecule has 0 aromatic heterocycles. The van der Waals surface area contributed by atoms with Crippen LogP contribution in [0.4, 0.5) is 5.69 Å². The predicted molar refractivity (Wildman–Crippen MR) is 222 cm³/mol. The number of aryl methyl sites for hydroxylation is 2. The summed E-state index contributed by atoms with van der Waals surface area (Å²) in [5.41, 5.74) is 6.21. The molecule has 6 aromatic carbocycles. The highest BCUT2D eigenvalue weighted by molar-refractivity contribution is 5.53. The van der Waals surface area contributed by atoms with Gasteiger partial charge >= 0.3 is 0 Å². The van der Waals surface area contributed by atoms with Crippen molar-refractivity contribution in [3.63, 3.8) is 0 Å². The van der Waals surface area contributed by atoms with Gasteiger partial charge in [0.1, 0.15) is 17.0 Å². The van der Waals surface area contributed by atoms with Crippen molar-refractivity contribution in [2.24, 2.45) is 5.41 Å². The smallest absolute Gasteiger partial charge is 0.143 e. The van der Waals surface area contributed by atoms with Gasteiger partial charge in [0.25, 0.3) is 0 Å². The van der Waals surface area contributed by atoms with E-state index in [4.69, 9.17) is 9.47 Å². The van der Waals surface area contributed by atoms with Gasteiger partial charge in [0.15, 0.2) is 0 Å². The van der Waals surface area contributed by atoms with Gasteiger partial charge in [-0.15, -0.1) is 0 Å². The number of hydrogen-bond donors (Lipinski definition) is 3. The van der Waals surface area contributed by atoms with E-state index in [-0.39, 0.29) is 25.6 Å². The van der Waals surface area contributed by atoms with Crippen molar-refractivity contribution in [2.75, 3.05) is 32.2 Å². The highest BCUT2D eigenvalue weighted by Crippen LogP contribution is 2.45. The molecule has 3 atom stereocenters. The van der Waals surface area contributed by atoms with Crippen LogP contribution in [0.5, 0.6) is 5.75 Å². The van der Waals surface area contributed by atoms with E-state index < -0.39 is 16.6 Å². The van der Waals surface area contributed by atoms with Crippen molar-refractivity contribution in [2.45, 2.75) is 52.2 Å². The molecule has 0 aliphatic rings. The minimum absolute atomic E-state index is 0.158. The number of benzene rings is 6. The third-order valence-corrected chi connectivity index (χ3v) is 10.1. The zero-order valence-electron chi connectivity index (χ0n) is 32.6. The van der Waals surface area contributed by atoms with E-state index in [1.807, 2.05) is 76.3 Å². The number of phenolic OH excluding ortho intramolecular Hbond substituents is 1. The van der Waals surface area contributed by atoms with Gasteiger partial charge in [-0.3, -0.25) is 0 Å². The molecular formula is C49H55NO4. The second-order valence-electron chi connectivity index (χ2n) is 13.9. The average Bonchev–Trinajstić information content (AvgIpc) is 3.24. The number of aliphatic hydroxyl groups excluding tert-OH is 1. The zero-order chi connectivity index (χ0) is 38.6. The number of phenols is 1. The Kier molecular flexibility index (Phi) is 13.5. The summed E-state index contributed by atoms with van der Waals surface area (Å²) in [6.07, 6.45) is 0.932. The molecule has 6 rings (SSSR count). The van der Waals surface area contributed by atoms with Gasteiger partial charge in [-0.05, 0) is 76.6 Å². The van der Waals surface area contributed by atoms with Crippen LogP contribution in [0.1, 0.15) is 72.2 Å². The number of nitrogens with one attached hydrogen (secondary N) is 1. The Balaban J connectivity index is 0.00000276. The summed E-state index contributed by atoms with van der Waals surface area (Å²) >= 11 is 0. The number of hydrogen-bond acceptors (Lipinski definition) is 5. The Hall–Kier alpha value is -5.20. The SMILES string of the molecule is CC.CCc1ccc(C(OCC(C)(CO)COC(c2ccccc2)(c2ccc(C)cc2)c2ccc(O)cc2)(c2ccccc2)c2ccc(NC)cc2)cc1. The number of anilines is 1. The number of aromatic hydroxyl groups is 1. The van der Waals surface area contributed by atoms with E-state index in [9.17, 15) is 10.2 Å². The molecule has 0 amide bonds. The van der Waals surface area contributed by atoms with Crippen molar-refractivity contribution in [1.29, 1.82) is 0 Å². The number of rotatable bonds is 15. The Labute approximate surface area is 322 Å². The second kappa shape index (κ2) is 18.2. The summed E-state index contributed by atoms with van der Waals surface area (Å²) in [6.45, 7) is 10.4. The van der Waals surface area contributed by atoms with E-state index in [1.54, 1.807) is 12.1 Å². The van der Waals surface area contributed by atoms with Crippen LogP contribution in [-0.4, -0.2) is 37.1 Å². The van der Waals surface area contributed by atoms with Gasteiger partial charge in [-0.2, -0.15) is 0 Å². The molecule has 0 bridgehead atoms. The summed E-state index contributed by atoms with van der Waals surface area (Å²) in [6, 6.07) is 53.0. The van der Waals surface area contributed by atoms with Crippen LogP contribution in [0.2, 0.25) is 0 Å². The summed E-state index contributed by atoms with van der Waals surface area (Å²) in [7, 11) is 1.91. The van der Waals surface area contributed by atoms with E-state index in [2.05, 4.69) is 116 Å². The van der Waals surface area contributed by atoms with E-state index in [0.29, 0.717) is 0 Å². The highest BCUT2D eigenvalue weighted by atomic mass is 16.5. The van der Waals surface area contributed by atoms with Crippen LogP contribution in [0.3, 0.4) is 0 Å². The lowest BCUT2D eigenvalue weighted by molar-refractivity contribution is -0.107. The first-order valence-electron chi connectivity index (χ1n) is 19.0. The number of aliphatic hydroxyl groups is 1. The Morgan fingerprint density at radius 2 is 0.907 bits per heavy atom. The molecule has 0 spiro atoms. The first-order valence-corrected chi connectivity index (χ1v) is 19.0. The molecule has 0 aliphatic heterocycles. The molecule has 54 heavy (non-hydrogen) atoms. The molecule has 0 saturated heterocycles. The third kappa shape index (κ3) is 8.45. The van der Waals surface area contributed by atoms with Crippen LogP contribution in [0, 0.1) is 12.3 Å². The fourth-order valence-corrected chi connectivity index (χ4v) is 6.87. The average molecular weight is 722 g/mol. The van der Waals surface area contributed by atoms with Crippen molar-refractivity contribution >= 4 is 5.69 Å². The maximum absolute atomic E-state index is 11.2. The van der Waals surface area contributed by atoms with Gasteiger partial charge in [0, 0.05) is 18.2 Å². The molecule has 0 fully saturated rings. The zero-order valence-corrected chi connectivity index (χ0v) is 32.6. The van der Waals surface area contributed by atoms with Crippen LogP contribution in [-0.2, 0) is 27.1 Å². The van der Waals surface area contributed by atoms with Gasteiger partial charge in [-0.25, -0.2) is 0 Å². The van der Waals surface area contributed by atoms with Gasteiger partial charge < -0.3 is 25.0 Å². The Morgan fingerprint density at radius 3 is 1.30 bits per heavy atom. The van der Waals surface area contributed by atoms with Crippen LogP contribution < -0.4 is 5.32 Å². The normalized spacial score (nSPS) is 14.4. The monoisotopic (exact) mass is 721 g/mol. The molecule has 3 N–H and O–H groups in total. The quantitative estimate of drug-likeness (QED) is 0.0921. The lowest BCUT2D eigenvalue weighted by Crippen LogP contribution is -2.43. The summed E-state index contributed by atoms with van der Waals surface area (Å²) < 4.78 is 14.5. The van der Waals surface area contributed by atoms with Crippen molar-refractivity contribution in [3.05, 3.63) is 202 Å². The molecule has 5 nitrogen and oxygen atoms in total. The number of ether oxygens (including phenoxy) is 2. The van der Waals surface area contributed by atoms with Gasteiger partial charge in [-0.1, -0.05) is 167 Å². The van der Waals surface area contributed by atoms with E-state index in [0.717, 1.165) is 51.1 Å². The standard InChI is InChI=1S/C47H49NO4.C2H6/c1-5-36-18-22-40(23-19-36)47(38-14-10-7-11-15-38,41-24-28-43(48-4)29-25-41)52-34-45(3,32-49)33-51-46(37-12-8-6-9-13-37,39-20-16-35(2)17-21-39)42-26-30-44(50)31-27-42;1-2/h6-31,48-50H,5,32-34H2,1-4H3;1-2H3. The maximum atomic E-state index is 11.2. The summed E-state index contributed by atoms with van der Waals surface area (Å²) in [5, 5.41) is 24.7. The third-order valence-electron chi connectivity index (χ3n) is 10.1.